The van der Waals surface area contributed by atoms with Crippen molar-refractivity contribution in [2.75, 3.05) is 0 Å². The van der Waals surface area contributed by atoms with Crippen LogP contribution in [0.25, 0.3) is 0 Å². The first-order chi connectivity index (χ1) is 3.71. The smallest absolute Gasteiger partial charge is 0.189 e. The highest BCUT2D eigenvalue weighted by molar-refractivity contribution is 7.68. The zero-order chi connectivity index (χ0) is 6.04. The molecule has 0 saturated carbocycles. The molecule has 0 aliphatic carbocycles. The van der Waals surface area contributed by atoms with Crippen molar-refractivity contribution < 1.29 is 8.39 Å². The number of hydrogen-bond acceptors (Lipinski definition) is 0. The van der Waals surface area contributed by atoms with E-state index in [1.165, 1.54) is 12.2 Å². The summed E-state index contributed by atoms with van der Waals surface area (Å²) in [7, 11) is -3.73. The lowest BCUT2D eigenvalue weighted by Gasteiger charge is -1.97. The van der Waals surface area contributed by atoms with E-state index < -0.39 is 7.51 Å². The summed E-state index contributed by atoms with van der Waals surface area (Å²) in [5.74, 6) is 1.93. The van der Waals surface area contributed by atoms with Crippen LogP contribution >= 0.6 is 7.51 Å². The maximum Gasteiger partial charge on any atom is 0.235 e. The predicted octanol–water partition coefficient (Wildman–Crippen LogP) is 2.66. The van der Waals surface area contributed by atoms with Crippen molar-refractivity contribution in [2.45, 2.75) is 0 Å². The Morgan fingerprint density at radius 2 is 1.75 bits per heavy atom. The third kappa shape index (κ3) is 1.31. The predicted molar refractivity (Wildman–Crippen MR) is 33.5 cm³/mol. The van der Waals surface area contributed by atoms with Crippen LogP contribution in [0, 0.1) is 0 Å². The second-order valence-electron chi connectivity index (χ2n) is 1.48. The van der Waals surface area contributed by atoms with E-state index in [1.54, 1.807) is 6.08 Å². The second kappa shape index (κ2) is 1.87. The summed E-state index contributed by atoms with van der Waals surface area (Å²) in [4.78, 5) is 0. The lowest BCUT2D eigenvalue weighted by atomic mass is 10.5. The minimum absolute atomic E-state index is 0.965. The van der Waals surface area contributed by atoms with E-state index in [0.717, 1.165) is 11.6 Å². The highest BCUT2D eigenvalue weighted by atomic mass is 31.2. The average molecular weight is 134 g/mol. The van der Waals surface area contributed by atoms with Crippen LogP contribution in [0.15, 0.2) is 24.0 Å². The maximum absolute atomic E-state index is 12.1. The average Bonchev–Trinajstić information content (AvgIpc) is 1.65. The van der Waals surface area contributed by atoms with Crippen molar-refractivity contribution in [2.24, 2.45) is 0 Å². The monoisotopic (exact) mass is 134 g/mol. The van der Waals surface area contributed by atoms with Gasteiger partial charge in [0.1, 0.15) is 0 Å². The topological polar surface area (TPSA) is 0 Å². The van der Waals surface area contributed by atoms with Crippen molar-refractivity contribution >= 4 is 13.3 Å². The molecule has 0 amide bonds. The Labute approximate surface area is 46.7 Å². The normalized spacial score (nSPS) is 22.8. The first-order valence-corrected chi connectivity index (χ1v) is 3.90. The largest absolute Gasteiger partial charge is 0.235 e. The van der Waals surface area contributed by atoms with Gasteiger partial charge in [-0.25, -0.2) is 0 Å². The molecule has 0 nitrogen and oxygen atoms in total. The summed E-state index contributed by atoms with van der Waals surface area (Å²) in [5, 5.41) is 0. The Kier molecular flexibility index (Phi) is 1.35. The number of allylic oxidation sites excluding steroid dienone is 3. The van der Waals surface area contributed by atoms with Crippen molar-refractivity contribution in [1.29, 1.82) is 0 Å². The Bertz CT molecular complexity index is 185. The number of halogens is 2. The van der Waals surface area contributed by atoms with Crippen molar-refractivity contribution in [3.8, 4) is 0 Å². The molecule has 1 heterocycles. The van der Waals surface area contributed by atoms with Crippen LogP contribution in [0.1, 0.15) is 0 Å². The SMILES string of the molecule is FP1(F)=CC=CC=C1. The first-order valence-electron chi connectivity index (χ1n) is 2.19. The molecule has 0 aromatic rings. The zero-order valence-corrected chi connectivity index (χ0v) is 4.98. The molecule has 0 fully saturated rings. The standard InChI is InChI=1S/C5H5F2P/c6-8(7)4-2-1-3-5-8/h1-5H. The number of rotatable bonds is 0. The Morgan fingerprint density at radius 1 is 1.00 bits per heavy atom. The Morgan fingerprint density at radius 3 is 2.00 bits per heavy atom. The molecule has 1 aliphatic heterocycles. The molecular formula is C5H5F2P. The van der Waals surface area contributed by atoms with Crippen LogP contribution in [-0.4, -0.2) is 5.80 Å². The van der Waals surface area contributed by atoms with Crippen LogP contribution in [0.5, 0.6) is 0 Å². The Hall–Kier alpha value is -0.360. The molecule has 0 unspecified atom stereocenters. The molecule has 0 saturated heterocycles. The second-order valence-corrected chi connectivity index (χ2v) is 3.28. The summed E-state index contributed by atoms with van der Waals surface area (Å²) in [6.07, 6.45) is 4.36. The van der Waals surface area contributed by atoms with Gasteiger partial charge >= 0.3 is 0 Å². The molecule has 8 heavy (non-hydrogen) atoms. The van der Waals surface area contributed by atoms with E-state index >= 15 is 0 Å². The van der Waals surface area contributed by atoms with Gasteiger partial charge in [0.15, 0.2) is 0 Å². The van der Waals surface area contributed by atoms with E-state index in [4.69, 9.17) is 0 Å². The summed E-state index contributed by atoms with van der Waals surface area (Å²) in [6.45, 7) is 0. The molecule has 44 valence electrons. The van der Waals surface area contributed by atoms with Gasteiger partial charge in [0, 0.05) is 0 Å². The van der Waals surface area contributed by atoms with Gasteiger partial charge in [0.2, 0.25) is 7.51 Å². The molecule has 0 radical (unpaired) electrons. The maximum atomic E-state index is 12.1. The zero-order valence-electron chi connectivity index (χ0n) is 4.09. The van der Waals surface area contributed by atoms with Gasteiger partial charge in [-0.15, -0.1) is 0 Å². The number of hydrogen-bond donors (Lipinski definition) is 0. The van der Waals surface area contributed by atoms with E-state index in [2.05, 4.69) is 0 Å². The van der Waals surface area contributed by atoms with Crippen molar-refractivity contribution in [1.82, 2.24) is 0 Å². The molecule has 0 atom stereocenters. The van der Waals surface area contributed by atoms with Gasteiger partial charge in [-0.2, -0.15) is 8.39 Å². The summed E-state index contributed by atoms with van der Waals surface area (Å²) >= 11 is 0. The molecule has 0 spiro atoms. The van der Waals surface area contributed by atoms with Gasteiger partial charge in [0.05, 0.1) is 0 Å². The van der Waals surface area contributed by atoms with E-state index in [1.807, 2.05) is 0 Å². The molecule has 0 aromatic carbocycles. The third-order valence-corrected chi connectivity index (χ3v) is 1.93. The fourth-order valence-electron chi connectivity index (χ4n) is 0.443. The Balaban J connectivity index is 3.00. The van der Waals surface area contributed by atoms with Gasteiger partial charge in [-0.05, 0) is 11.6 Å². The molecule has 1 aliphatic rings. The molecule has 0 aromatic heterocycles. The molecule has 1 rings (SSSR count). The fourth-order valence-corrected chi connectivity index (χ4v) is 1.20. The van der Waals surface area contributed by atoms with Crippen LogP contribution in [0.3, 0.4) is 0 Å². The molecule has 3 heteroatoms. The quantitative estimate of drug-likeness (QED) is 0.447. The minimum atomic E-state index is -3.73. The van der Waals surface area contributed by atoms with Gasteiger partial charge in [-0.3, -0.25) is 0 Å². The van der Waals surface area contributed by atoms with E-state index in [9.17, 15) is 8.39 Å². The van der Waals surface area contributed by atoms with Crippen LogP contribution < -0.4 is 0 Å². The highest BCUT2D eigenvalue weighted by Crippen LogP contribution is 2.52. The van der Waals surface area contributed by atoms with Crippen LogP contribution in [0.4, 0.5) is 8.39 Å². The molecule has 0 bridgehead atoms. The first kappa shape index (κ1) is 5.77. The lowest BCUT2D eigenvalue weighted by molar-refractivity contribution is 0.755. The highest BCUT2D eigenvalue weighted by Gasteiger charge is 2.07. The molecule has 0 N–H and O–H groups in total. The van der Waals surface area contributed by atoms with Crippen LogP contribution in [0.2, 0.25) is 0 Å². The lowest BCUT2D eigenvalue weighted by Crippen LogP contribution is -1.69. The van der Waals surface area contributed by atoms with Crippen molar-refractivity contribution in [3.05, 3.63) is 24.0 Å². The summed E-state index contributed by atoms with van der Waals surface area (Å²) in [5.41, 5.74) is 0. The minimum Gasteiger partial charge on any atom is -0.189 e. The van der Waals surface area contributed by atoms with E-state index in [-0.39, 0.29) is 0 Å². The molecular weight excluding hydrogens is 129 g/mol. The van der Waals surface area contributed by atoms with Gasteiger partial charge < -0.3 is 0 Å². The van der Waals surface area contributed by atoms with Crippen LogP contribution in [-0.2, 0) is 0 Å². The third-order valence-electron chi connectivity index (χ3n) is 0.792. The summed E-state index contributed by atoms with van der Waals surface area (Å²) in [6, 6.07) is 0. The summed E-state index contributed by atoms with van der Waals surface area (Å²) < 4.78 is 24.2. The van der Waals surface area contributed by atoms with E-state index in [0.29, 0.717) is 0 Å². The fraction of sp³-hybridized carbons (Fsp3) is 0. The van der Waals surface area contributed by atoms with Gasteiger partial charge in [0.25, 0.3) is 0 Å². The van der Waals surface area contributed by atoms with Crippen molar-refractivity contribution in [3.63, 3.8) is 0 Å². The van der Waals surface area contributed by atoms with Gasteiger partial charge in [-0.1, -0.05) is 18.2 Å².